The van der Waals surface area contributed by atoms with Gasteiger partial charge < -0.3 is 9.72 Å². The molecule has 0 atom stereocenters. The minimum absolute atomic E-state index is 0.0276. The Hall–Kier alpha value is -2.60. The number of aromatic nitrogens is 2. The largest absolute Gasteiger partial charge is 0.492 e. The quantitative estimate of drug-likeness (QED) is 0.209. The lowest BCUT2D eigenvalue weighted by atomic mass is 10.1. The fourth-order valence-corrected chi connectivity index (χ4v) is 3.49. The van der Waals surface area contributed by atoms with E-state index in [1.807, 2.05) is 12.1 Å². The van der Waals surface area contributed by atoms with Crippen LogP contribution in [0.15, 0.2) is 36.4 Å². The number of non-ortho nitro benzene ring substituents is 1. The minimum atomic E-state index is -0.422. The number of ether oxygens (including phenoxy) is 1. The highest BCUT2D eigenvalue weighted by Crippen LogP contribution is 2.31. The van der Waals surface area contributed by atoms with Crippen LogP contribution in [-0.4, -0.2) is 21.5 Å². The number of rotatable bonds is 11. The topological polar surface area (TPSA) is 81.1 Å². The molecule has 6 nitrogen and oxygen atoms in total. The first kappa shape index (κ1) is 21.1. The Morgan fingerprint density at radius 3 is 2.55 bits per heavy atom. The molecule has 0 bridgehead atoms. The van der Waals surface area contributed by atoms with Gasteiger partial charge in [-0.2, -0.15) is 0 Å². The Kier molecular flexibility index (Phi) is 7.47. The molecule has 0 aliphatic carbocycles. The molecule has 0 amide bonds. The van der Waals surface area contributed by atoms with E-state index in [0.717, 1.165) is 12.0 Å². The third-order valence-electron chi connectivity index (χ3n) is 4.89. The molecule has 3 aromatic rings. The Balaban J connectivity index is 1.58. The van der Waals surface area contributed by atoms with Gasteiger partial charge in [-0.05, 0) is 30.7 Å². The number of hydrogen-bond acceptors (Lipinski definition) is 4. The minimum Gasteiger partial charge on any atom is -0.492 e. The summed E-state index contributed by atoms with van der Waals surface area (Å²) in [5, 5.41) is 11.5. The number of fused-ring (bicyclic) bond motifs is 1. The summed E-state index contributed by atoms with van der Waals surface area (Å²) >= 11 is 6.39. The molecule has 0 saturated heterocycles. The molecule has 1 N–H and O–H groups in total. The van der Waals surface area contributed by atoms with Crippen molar-refractivity contribution < 1.29 is 9.66 Å². The highest BCUT2D eigenvalue weighted by Gasteiger charge is 2.12. The van der Waals surface area contributed by atoms with Crippen LogP contribution in [0.1, 0.15) is 51.9 Å². The summed E-state index contributed by atoms with van der Waals surface area (Å²) in [6.07, 6.45) is 8.65. The van der Waals surface area contributed by atoms with Crippen LogP contribution < -0.4 is 4.74 Å². The second kappa shape index (κ2) is 10.3. The van der Waals surface area contributed by atoms with Gasteiger partial charge in [-0.3, -0.25) is 10.1 Å². The molecule has 0 aliphatic heterocycles. The van der Waals surface area contributed by atoms with E-state index in [0.29, 0.717) is 34.2 Å². The molecular weight excluding hydrogens is 390 g/mol. The fraction of sp³-hybridized carbons (Fsp3) is 0.409. The summed E-state index contributed by atoms with van der Waals surface area (Å²) in [6, 6.07) is 10.1. The van der Waals surface area contributed by atoms with Gasteiger partial charge in [0.2, 0.25) is 0 Å². The summed E-state index contributed by atoms with van der Waals surface area (Å²) in [4.78, 5) is 18.1. The second-order valence-corrected chi connectivity index (χ2v) is 7.57. The van der Waals surface area contributed by atoms with Gasteiger partial charge in [0.1, 0.15) is 11.6 Å². The molecule has 7 heteroatoms. The maximum absolute atomic E-state index is 10.9. The highest BCUT2D eigenvalue weighted by atomic mass is 35.5. The number of nitro benzene ring substituents is 1. The van der Waals surface area contributed by atoms with E-state index in [9.17, 15) is 10.1 Å². The number of H-pyrrole nitrogens is 1. The standard InChI is InChI=1S/C22H26ClN3O3/c1-2-3-4-5-6-7-8-13-29-21-12-9-16(14-18(21)23)22-24-19-11-10-17(26(27)28)15-20(19)25-22/h9-12,14-15H,2-8,13H2,1H3,(H,24,25). The first-order chi connectivity index (χ1) is 14.1. The summed E-state index contributed by atoms with van der Waals surface area (Å²) in [7, 11) is 0. The number of imidazole rings is 1. The number of halogens is 1. The van der Waals surface area contributed by atoms with Gasteiger partial charge in [-0.15, -0.1) is 0 Å². The van der Waals surface area contributed by atoms with Gasteiger partial charge in [0.05, 0.1) is 27.6 Å². The molecule has 0 saturated carbocycles. The second-order valence-electron chi connectivity index (χ2n) is 7.16. The van der Waals surface area contributed by atoms with E-state index in [1.54, 1.807) is 12.1 Å². The van der Waals surface area contributed by atoms with Gasteiger partial charge in [0, 0.05) is 17.7 Å². The van der Waals surface area contributed by atoms with Crippen LogP contribution in [0, 0.1) is 10.1 Å². The molecule has 154 valence electrons. The zero-order valence-corrected chi connectivity index (χ0v) is 17.4. The molecule has 0 aliphatic rings. The zero-order chi connectivity index (χ0) is 20.6. The summed E-state index contributed by atoms with van der Waals surface area (Å²) in [6.45, 7) is 2.88. The number of aromatic amines is 1. The Morgan fingerprint density at radius 1 is 1.07 bits per heavy atom. The lowest BCUT2D eigenvalue weighted by Crippen LogP contribution is -1.98. The third kappa shape index (κ3) is 5.70. The summed E-state index contributed by atoms with van der Waals surface area (Å²) < 4.78 is 5.82. The van der Waals surface area contributed by atoms with Crippen LogP contribution >= 0.6 is 11.6 Å². The van der Waals surface area contributed by atoms with E-state index < -0.39 is 4.92 Å². The zero-order valence-electron chi connectivity index (χ0n) is 16.6. The molecule has 0 radical (unpaired) electrons. The molecule has 1 aromatic heterocycles. The Labute approximate surface area is 175 Å². The van der Waals surface area contributed by atoms with E-state index in [4.69, 9.17) is 16.3 Å². The lowest BCUT2D eigenvalue weighted by molar-refractivity contribution is -0.384. The monoisotopic (exact) mass is 415 g/mol. The molecule has 0 unspecified atom stereocenters. The molecule has 29 heavy (non-hydrogen) atoms. The van der Waals surface area contributed by atoms with Crippen molar-refractivity contribution in [1.82, 2.24) is 9.97 Å². The average molecular weight is 416 g/mol. The number of unbranched alkanes of at least 4 members (excludes halogenated alkanes) is 6. The van der Waals surface area contributed by atoms with E-state index in [2.05, 4.69) is 16.9 Å². The number of hydrogen-bond donors (Lipinski definition) is 1. The van der Waals surface area contributed by atoms with Gasteiger partial charge in [-0.25, -0.2) is 4.98 Å². The van der Waals surface area contributed by atoms with Crippen molar-refractivity contribution in [3.05, 3.63) is 51.5 Å². The number of nitrogens with one attached hydrogen (secondary N) is 1. The highest BCUT2D eigenvalue weighted by molar-refractivity contribution is 6.32. The van der Waals surface area contributed by atoms with Crippen molar-refractivity contribution in [1.29, 1.82) is 0 Å². The SMILES string of the molecule is CCCCCCCCCOc1ccc(-c2nc3ccc([N+](=O)[O-])cc3[nH]2)cc1Cl. The summed E-state index contributed by atoms with van der Waals surface area (Å²) in [5.41, 5.74) is 2.11. The van der Waals surface area contributed by atoms with Crippen LogP contribution in [0.5, 0.6) is 5.75 Å². The normalized spacial score (nSPS) is 11.1. The van der Waals surface area contributed by atoms with Crippen molar-refractivity contribution >= 4 is 28.3 Å². The average Bonchev–Trinajstić information content (AvgIpc) is 3.14. The van der Waals surface area contributed by atoms with Crippen LogP contribution in [-0.2, 0) is 0 Å². The Bertz CT molecular complexity index is 971. The maximum atomic E-state index is 10.9. The van der Waals surface area contributed by atoms with E-state index in [-0.39, 0.29) is 5.69 Å². The van der Waals surface area contributed by atoms with Crippen molar-refractivity contribution in [3.8, 4) is 17.1 Å². The Morgan fingerprint density at radius 2 is 1.83 bits per heavy atom. The van der Waals surface area contributed by atoms with Gasteiger partial charge in [0.25, 0.3) is 5.69 Å². The van der Waals surface area contributed by atoms with Crippen LogP contribution in [0.4, 0.5) is 5.69 Å². The van der Waals surface area contributed by atoms with Gasteiger partial charge in [-0.1, -0.05) is 57.0 Å². The van der Waals surface area contributed by atoms with Crippen molar-refractivity contribution in [3.63, 3.8) is 0 Å². The number of nitrogens with zero attached hydrogens (tertiary/aromatic N) is 2. The van der Waals surface area contributed by atoms with Gasteiger partial charge in [0.15, 0.2) is 0 Å². The van der Waals surface area contributed by atoms with E-state index >= 15 is 0 Å². The summed E-state index contributed by atoms with van der Waals surface area (Å²) in [5.74, 6) is 1.27. The number of nitro groups is 1. The predicted molar refractivity (Wildman–Crippen MR) is 117 cm³/mol. The van der Waals surface area contributed by atoms with E-state index in [1.165, 1.54) is 50.7 Å². The van der Waals surface area contributed by atoms with Crippen molar-refractivity contribution in [2.45, 2.75) is 51.9 Å². The maximum Gasteiger partial charge on any atom is 0.271 e. The van der Waals surface area contributed by atoms with Crippen molar-refractivity contribution in [2.75, 3.05) is 6.61 Å². The first-order valence-corrected chi connectivity index (χ1v) is 10.5. The third-order valence-corrected chi connectivity index (χ3v) is 5.18. The molecule has 1 heterocycles. The molecule has 0 fully saturated rings. The smallest absolute Gasteiger partial charge is 0.271 e. The lowest BCUT2D eigenvalue weighted by Gasteiger charge is -2.09. The van der Waals surface area contributed by atoms with Crippen molar-refractivity contribution in [2.24, 2.45) is 0 Å². The van der Waals surface area contributed by atoms with Crippen LogP contribution in [0.2, 0.25) is 5.02 Å². The fourth-order valence-electron chi connectivity index (χ4n) is 3.25. The molecule has 3 rings (SSSR count). The van der Waals surface area contributed by atoms with Crippen LogP contribution in [0.3, 0.4) is 0 Å². The van der Waals surface area contributed by atoms with Gasteiger partial charge >= 0.3 is 0 Å². The number of benzene rings is 2. The first-order valence-electron chi connectivity index (χ1n) is 10.2. The molecular formula is C22H26ClN3O3. The predicted octanol–water partition coefficient (Wildman–Crippen LogP) is 6.92. The molecule has 0 spiro atoms. The van der Waals surface area contributed by atoms with Crippen LogP contribution in [0.25, 0.3) is 22.4 Å². The molecule has 2 aromatic carbocycles.